The fraction of sp³-hybridized carbons (Fsp3) is 0.381. The fourth-order valence-electron chi connectivity index (χ4n) is 2.92. The predicted molar refractivity (Wildman–Crippen MR) is 124 cm³/mol. The summed E-state index contributed by atoms with van der Waals surface area (Å²) in [7, 11) is 1.74. The summed E-state index contributed by atoms with van der Waals surface area (Å²) < 4.78 is 11.0. The molecule has 0 atom stereocenters. The van der Waals surface area contributed by atoms with Crippen LogP contribution in [0.1, 0.15) is 42.1 Å². The number of hydrogen-bond donors (Lipinski definition) is 2. The lowest BCUT2D eigenvalue weighted by Gasteiger charge is -2.11. The van der Waals surface area contributed by atoms with Crippen LogP contribution in [0, 0.1) is 6.92 Å². The van der Waals surface area contributed by atoms with Gasteiger partial charge in [0.05, 0.1) is 17.9 Å². The Morgan fingerprint density at radius 2 is 1.79 bits per heavy atom. The number of nitrogens with zero attached hydrogens (tertiary/aromatic N) is 3. The molecular weight excluding hydrogens is 481 g/mol. The van der Waals surface area contributed by atoms with Gasteiger partial charge in [-0.15, -0.1) is 24.0 Å². The van der Waals surface area contributed by atoms with Crippen molar-refractivity contribution in [2.45, 2.75) is 46.7 Å². The Morgan fingerprint density at radius 3 is 2.45 bits per heavy atom. The summed E-state index contributed by atoms with van der Waals surface area (Å²) in [6.07, 6.45) is 3.32. The minimum Gasteiger partial charge on any atom is -0.444 e. The topological polar surface area (TPSA) is 88.5 Å². The molecule has 156 valence electrons. The molecule has 0 amide bonds. The van der Waals surface area contributed by atoms with E-state index in [1.54, 1.807) is 13.3 Å². The largest absolute Gasteiger partial charge is 0.444 e. The summed E-state index contributed by atoms with van der Waals surface area (Å²) in [5.74, 6) is 2.22. The second kappa shape index (κ2) is 11.0. The van der Waals surface area contributed by atoms with E-state index in [2.05, 4.69) is 46.5 Å². The highest BCUT2D eigenvalue weighted by Gasteiger charge is 2.14. The van der Waals surface area contributed by atoms with Crippen molar-refractivity contribution in [3.63, 3.8) is 0 Å². The van der Waals surface area contributed by atoms with Crippen molar-refractivity contribution in [3.8, 4) is 11.5 Å². The molecule has 3 rings (SSSR count). The lowest BCUT2D eigenvalue weighted by Crippen LogP contribution is -2.36. The first-order valence-corrected chi connectivity index (χ1v) is 9.56. The van der Waals surface area contributed by atoms with Gasteiger partial charge in [-0.25, -0.2) is 4.98 Å². The summed E-state index contributed by atoms with van der Waals surface area (Å²) in [6.45, 7) is 7.32. The molecule has 0 aliphatic carbocycles. The van der Waals surface area contributed by atoms with Crippen LogP contribution in [-0.2, 0) is 25.9 Å². The molecular formula is C21H28IN5O2. The zero-order valence-corrected chi connectivity index (χ0v) is 19.6. The number of aromatic nitrogens is 2. The highest BCUT2D eigenvalue weighted by Crippen LogP contribution is 2.19. The highest BCUT2D eigenvalue weighted by atomic mass is 127. The van der Waals surface area contributed by atoms with E-state index in [0.29, 0.717) is 24.9 Å². The Balaban J connectivity index is 0.00000300. The second-order valence-corrected chi connectivity index (χ2v) is 6.53. The average Bonchev–Trinajstić information content (AvgIpc) is 3.35. The molecule has 0 fully saturated rings. The second-order valence-electron chi connectivity index (χ2n) is 6.53. The lowest BCUT2D eigenvalue weighted by molar-refractivity contribution is 0.380. The standard InChI is InChI=1S/C21H27N5O2.HI/c1-5-18-17(19(6-2)28-26-18)12-24-21(22-4)23-11-16-13-27-20(25-16)15-9-7-14(3)8-10-15;/h7-10,13H,5-6,11-12H2,1-4H3,(H2,22,23,24);1H. The normalized spacial score (nSPS) is 11.2. The zero-order chi connectivity index (χ0) is 19.9. The number of guanidine groups is 1. The van der Waals surface area contributed by atoms with Gasteiger partial charge in [0.25, 0.3) is 0 Å². The highest BCUT2D eigenvalue weighted by molar-refractivity contribution is 14.0. The van der Waals surface area contributed by atoms with Crippen LogP contribution in [0.5, 0.6) is 0 Å². The third kappa shape index (κ3) is 5.81. The van der Waals surface area contributed by atoms with E-state index in [1.165, 1.54) is 5.56 Å². The SMILES string of the molecule is CCc1noc(CC)c1CNC(=NC)NCc1coc(-c2ccc(C)cc2)n1.I. The van der Waals surface area contributed by atoms with E-state index in [1.807, 2.05) is 24.3 Å². The van der Waals surface area contributed by atoms with Crippen LogP contribution in [-0.4, -0.2) is 23.1 Å². The first-order valence-electron chi connectivity index (χ1n) is 9.56. The first-order chi connectivity index (χ1) is 13.6. The molecule has 2 N–H and O–H groups in total. The van der Waals surface area contributed by atoms with Gasteiger partial charge in [-0.3, -0.25) is 4.99 Å². The van der Waals surface area contributed by atoms with Gasteiger partial charge < -0.3 is 19.6 Å². The van der Waals surface area contributed by atoms with E-state index < -0.39 is 0 Å². The van der Waals surface area contributed by atoms with Crippen LogP contribution in [0.3, 0.4) is 0 Å². The third-order valence-corrected chi connectivity index (χ3v) is 4.55. The van der Waals surface area contributed by atoms with Gasteiger partial charge in [-0.05, 0) is 25.5 Å². The number of aryl methyl sites for hydroxylation is 3. The van der Waals surface area contributed by atoms with Gasteiger partial charge in [0.1, 0.15) is 12.0 Å². The van der Waals surface area contributed by atoms with Crippen molar-refractivity contribution in [2.75, 3.05) is 7.05 Å². The molecule has 29 heavy (non-hydrogen) atoms. The Bertz CT molecular complexity index is 909. The van der Waals surface area contributed by atoms with Crippen LogP contribution < -0.4 is 10.6 Å². The van der Waals surface area contributed by atoms with E-state index in [-0.39, 0.29) is 24.0 Å². The monoisotopic (exact) mass is 509 g/mol. The number of halogens is 1. The first kappa shape index (κ1) is 22.9. The molecule has 0 radical (unpaired) electrons. The molecule has 0 unspecified atom stereocenters. The van der Waals surface area contributed by atoms with Gasteiger partial charge in [0.2, 0.25) is 5.89 Å². The van der Waals surface area contributed by atoms with Crippen molar-refractivity contribution in [1.82, 2.24) is 20.8 Å². The summed E-state index contributed by atoms with van der Waals surface area (Å²) in [5.41, 5.74) is 5.07. The average molecular weight is 509 g/mol. The molecule has 0 bridgehead atoms. The number of hydrogen-bond acceptors (Lipinski definition) is 5. The summed E-state index contributed by atoms with van der Waals surface area (Å²) in [6, 6.07) is 8.11. The van der Waals surface area contributed by atoms with Gasteiger partial charge in [0, 0.05) is 31.1 Å². The molecule has 8 heteroatoms. The maximum absolute atomic E-state index is 5.60. The number of rotatable bonds is 7. The summed E-state index contributed by atoms with van der Waals surface area (Å²) in [5, 5.41) is 10.7. The molecule has 0 aliphatic rings. The Hall–Kier alpha value is -2.36. The number of benzene rings is 1. The Morgan fingerprint density at radius 1 is 1.07 bits per heavy atom. The fourth-order valence-corrected chi connectivity index (χ4v) is 2.92. The van der Waals surface area contributed by atoms with Gasteiger partial charge in [-0.1, -0.05) is 36.7 Å². The molecule has 1 aromatic carbocycles. The molecule has 3 aromatic rings. The molecule has 0 saturated carbocycles. The predicted octanol–water partition coefficient (Wildman–Crippen LogP) is 4.25. The van der Waals surface area contributed by atoms with Crippen molar-refractivity contribution >= 4 is 29.9 Å². The van der Waals surface area contributed by atoms with E-state index in [9.17, 15) is 0 Å². The smallest absolute Gasteiger partial charge is 0.226 e. The van der Waals surface area contributed by atoms with Crippen LogP contribution in [0.2, 0.25) is 0 Å². The molecule has 2 aromatic heterocycles. The molecule has 2 heterocycles. The number of nitrogens with one attached hydrogen (secondary N) is 2. The van der Waals surface area contributed by atoms with Gasteiger partial charge in [-0.2, -0.15) is 0 Å². The van der Waals surface area contributed by atoms with Crippen LogP contribution in [0.4, 0.5) is 0 Å². The molecule has 0 aliphatic heterocycles. The Labute approximate surface area is 188 Å². The van der Waals surface area contributed by atoms with Crippen molar-refractivity contribution in [1.29, 1.82) is 0 Å². The maximum atomic E-state index is 5.60. The number of oxazole rings is 1. The van der Waals surface area contributed by atoms with Crippen molar-refractivity contribution < 1.29 is 8.94 Å². The Kier molecular flexibility index (Phi) is 8.69. The van der Waals surface area contributed by atoms with Crippen LogP contribution >= 0.6 is 24.0 Å². The van der Waals surface area contributed by atoms with E-state index in [4.69, 9.17) is 8.94 Å². The van der Waals surface area contributed by atoms with Crippen LogP contribution in [0.25, 0.3) is 11.5 Å². The van der Waals surface area contributed by atoms with E-state index >= 15 is 0 Å². The van der Waals surface area contributed by atoms with Gasteiger partial charge in [0.15, 0.2) is 5.96 Å². The summed E-state index contributed by atoms with van der Waals surface area (Å²) in [4.78, 5) is 8.82. The molecule has 0 spiro atoms. The molecule has 0 saturated heterocycles. The van der Waals surface area contributed by atoms with Crippen molar-refractivity contribution in [3.05, 3.63) is 58.8 Å². The minimum atomic E-state index is 0. The zero-order valence-electron chi connectivity index (χ0n) is 17.3. The number of aliphatic imine (C=N–C) groups is 1. The third-order valence-electron chi connectivity index (χ3n) is 4.55. The lowest BCUT2D eigenvalue weighted by atomic mass is 10.1. The van der Waals surface area contributed by atoms with Crippen LogP contribution in [0.15, 0.2) is 44.5 Å². The van der Waals surface area contributed by atoms with E-state index in [0.717, 1.165) is 41.1 Å². The van der Waals surface area contributed by atoms with Gasteiger partial charge >= 0.3 is 0 Å². The molecule has 7 nitrogen and oxygen atoms in total. The summed E-state index contributed by atoms with van der Waals surface area (Å²) >= 11 is 0. The van der Waals surface area contributed by atoms with Crippen molar-refractivity contribution in [2.24, 2.45) is 4.99 Å². The maximum Gasteiger partial charge on any atom is 0.226 e. The minimum absolute atomic E-state index is 0. The quantitative estimate of drug-likeness (QED) is 0.282.